The lowest BCUT2D eigenvalue weighted by Gasteiger charge is -2.34. The Morgan fingerprint density at radius 3 is 2.06 bits per heavy atom. The predicted octanol–water partition coefficient (Wildman–Crippen LogP) is 5.82. The van der Waals surface area contributed by atoms with Crippen LogP contribution < -0.4 is 0 Å². The Balaban J connectivity index is 1.44. The van der Waals surface area contributed by atoms with E-state index in [1.165, 1.54) is 0 Å². The van der Waals surface area contributed by atoms with Crippen molar-refractivity contribution in [3.63, 3.8) is 0 Å². The van der Waals surface area contributed by atoms with E-state index in [0.29, 0.717) is 36.9 Å². The summed E-state index contributed by atoms with van der Waals surface area (Å²) in [6.07, 6.45) is -9.77. The van der Waals surface area contributed by atoms with Gasteiger partial charge >= 0.3 is 12.4 Å². The van der Waals surface area contributed by atoms with Gasteiger partial charge in [0.2, 0.25) is 0 Å². The number of benzene rings is 2. The van der Waals surface area contributed by atoms with Gasteiger partial charge in [-0.1, -0.05) is 11.6 Å². The van der Waals surface area contributed by atoms with Gasteiger partial charge in [0, 0.05) is 48.6 Å². The normalized spacial score (nSPS) is 15.9. The molecular weight excluding hydrogens is 472 g/mol. The van der Waals surface area contributed by atoms with Crippen molar-refractivity contribution in [1.29, 1.82) is 0 Å². The zero-order valence-electron chi connectivity index (χ0n) is 17.0. The summed E-state index contributed by atoms with van der Waals surface area (Å²) in [6.45, 7) is 1.13. The first-order valence-electron chi connectivity index (χ1n) is 9.98. The van der Waals surface area contributed by atoms with E-state index in [4.69, 9.17) is 11.6 Å². The average Bonchev–Trinajstić information content (AvgIpc) is 3.15. The van der Waals surface area contributed by atoms with Crippen molar-refractivity contribution < 1.29 is 31.1 Å². The molecular formula is C22H18ClF6N3O. The van der Waals surface area contributed by atoms with E-state index in [0.717, 1.165) is 23.0 Å². The second-order valence-electron chi connectivity index (χ2n) is 7.90. The molecule has 4 rings (SSSR count). The van der Waals surface area contributed by atoms with Gasteiger partial charge in [0.05, 0.1) is 11.1 Å². The highest BCUT2D eigenvalue weighted by atomic mass is 35.5. The number of piperazine rings is 1. The van der Waals surface area contributed by atoms with Gasteiger partial charge in [-0.3, -0.25) is 9.69 Å². The number of halogens is 7. The van der Waals surface area contributed by atoms with Crippen LogP contribution in [0, 0.1) is 0 Å². The smallest absolute Gasteiger partial charge is 0.351 e. The number of nitrogens with zero attached hydrogens (tertiary/aromatic N) is 2. The van der Waals surface area contributed by atoms with Crippen molar-refractivity contribution in [2.24, 2.45) is 0 Å². The number of hydrogen-bond acceptors (Lipinski definition) is 2. The van der Waals surface area contributed by atoms with Gasteiger partial charge in [0.25, 0.3) is 5.91 Å². The van der Waals surface area contributed by atoms with E-state index in [9.17, 15) is 31.1 Å². The van der Waals surface area contributed by atoms with Gasteiger partial charge in [0.1, 0.15) is 5.69 Å². The molecule has 1 amide bonds. The molecule has 1 saturated heterocycles. The van der Waals surface area contributed by atoms with E-state index < -0.39 is 23.5 Å². The Morgan fingerprint density at radius 1 is 0.879 bits per heavy atom. The van der Waals surface area contributed by atoms with Crippen LogP contribution in [0.25, 0.3) is 10.9 Å². The molecule has 0 spiro atoms. The third-order valence-corrected chi connectivity index (χ3v) is 5.76. The fraction of sp³-hybridized carbons (Fsp3) is 0.318. The zero-order valence-corrected chi connectivity index (χ0v) is 17.8. The molecule has 0 saturated carbocycles. The summed E-state index contributed by atoms with van der Waals surface area (Å²) in [6, 6.07) is 8.48. The third kappa shape index (κ3) is 5.27. The maximum absolute atomic E-state index is 13.1. The fourth-order valence-corrected chi connectivity index (χ4v) is 4.05. The molecule has 4 nitrogen and oxygen atoms in total. The molecule has 33 heavy (non-hydrogen) atoms. The monoisotopic (exact) mass is 489 g/mol. The minimum absolute atomic E-state index is 0.0792. The minimum atomic E-state index is -4.88. The van der Waals surface area contributed by atoms with E-state index in [-0.39, 0.29) is 24.1 Å². The van der Waals surface area contributed by atoms with Crippen molar-refractivity contribution in [1.82, 2.24) is 14.8 Å². The van der Waals surface area contributed by atoms with Gasteiger partial charge in [-0.25, -0.2) is 0 Å². The molecule has 176 valence electrons. The molecule has 3 aromatic rings. The second kappa shape index (κ2) is 8.57. The summed E-state index contributed by atoms with van der Waals surface area (Å²) >= 11 is 5.97. The summed E-state index contributed by atoms with van der Waals surface area (Å²) in [5.74, 6) is -0.236. The number of H-pyrrole nitrogens is 1. The quantitative estimate of drug-likeness (QED) is 0.471. The minimum Gasteiger partial charge on any atom is -0.351 e. The first-order valence-corrected chi connectivity index (χ1v) is 10.4. The highest BCUT2D eigenvalue weighted by molar-refractivity contribution is 6.31. The number of hydrogen-bond donors (Lipinski definition) is 1. The van der Waals surface area contributed by atoms with Crippen molar-refractivity contribution in [3.05, 3.63) is 69.9 Å². The Hall–Kier alpha value is -2.72. The zero-order chi connectivity index (χ0) is 24.0. The maximum atomic E-state index is 13.1. The van der Waals surface area contributed by atoms with E-state index in [1.807, 2.05) is 0 Å². The number of aromatic nitrogens is 1. The summed E-state index contributed by atoms with van der Waals surface area (Å²) < 4.78 is 78.5. The summed E-state index contributed by atoms with van der Waals surface area (Å²) in [7, 11) is 0. The van der Waals surface area contributed by atoms with Crippen molar-refractivity contribution in [2.45, 2.75) is 18.9 Å². The van der Waals surface area contributed by atoms with Crippen LogP contribution in [0.1, 0.15) is 27.2 Å². The largest absolute Gasteiger partial charge is 0.416 e. The Labute approximate surface area is 189 Å². The summed E-state index contributed by atoms with van der Waals surface area (Å²) in [5, 5.41) is 1.33. The maximum Gasteiger partial charge on any atom is 0.416 e. The number of carbonyl (C=O) groups excluding carboxylic acids is 1. The Morgan fingerprint density at radius 2 is 1.48 bits per heavy atom. The number of fused-ring (bicyclic) bond motifs is 1. The predicted molar refractivity (Wildman–Crippen MR) is 111 cm³/mol. The first-order chi connectivity index (χ1) is 15.4. The van der Waals surface area contributed by atoms with Crippen LogP contribution in [0.3, 0.4) is 0 Å². The molecule has 0 aliphatic carbocycles. The molecule has 0 atom stereocenters. The standard InChI is InChI=1S/C22H18ClF6N3O/c23-17-1-2-18-14(9-17)10-19(30-18)20(33)32-5-3-31(4-6-32)12-13-7-15(21(24,25)26)11-16(8-13)22(27,28)29/h1-2,7-11,30H,3-6,12H2. The van der Waals surface area contributed by atoms with E-state index >= 15 is 0 Å². The van der Waals surface area contributed by atoms with Gasteiger partial charge in [0.15, 0.2) is 0 Å². The topological polar surface area (TPSA) is 39.3 Å². The second-order valence-corrected chi connectivity index (χ2v) is 8.33. The van der Waals surface area contributed by atoms with Crippen LogP contribution in [0.5, 0.6) is 0 Å². The molecule has 1 aromatic heterocycles. The lowest BCUT2D eigenvalue weighted by atomic mass is 10.0. The average molecular weight is 490 g/mol. The Kier molecular flexibility index (Phi) is 6.09. The number of amides is 1. The molecule has 2 aromatic carbocycles. The summed E-state index contributed by atoms with van der Waals surface area (Å²) in [5.41, 5.74) is -1.61. The molecule has 2 heterocycles. The molecule has 1 aliphatic heterocycles. The van der Waals surface area contributed by atoms with Gasteiger partial charge < -0.3 is 9.88 Å². The third-order valence-electron chi connectivity index (χ3n) is 5.53. The lowest BCUT2D eigenvalue weighted by Crippen LogP contribution is -2.48. The van der Waals surface area contributed by atoms with Crippen LogP contribution in [-0.2, 0) is 18.9 Å². The van der Waals surface area contributed by atoms with Crippen molar-refractivity contribution >= 4 is 28.4 Å². The number of nitrogens with one attached hydrogen (secondary N) is 1. The lowest BCUT2D eigenvalue weighted by molar-refractivity contribution is -0.143. The van der Waals surface area contributed by atoms with Gasteiger partial charge in [-0.2, -0.15) is 26.3 Å². The summed E-state index contributed by atoms with van der Waals surface area (Å²) in [4.78, 5) is 19.2. The molecule has 1 fully saturated rings. The van der Waals surface area contributed by atoms with Gasteiger partial charge in [-0.05, 0) is 48.0 Å². The molecule has 1 aliphatic rings. The molecule has 0 radical (unpaired) electrons. The van der Waals surface area contributed by atoms with E-state index in [2.05, 4.69) is 4.98 Å². The van der Waals surface area contributed by atoms with Crippen LogP contribution >= 0.6 is 11.6 Å². The fourth-order valence-electron chi connectivity index (χ4n) is 3.87. The number of carbonyl (C=O) groups is 1. The van der Waals surface area contributed by atoms with Crippen LogP contribution in [0.2, 0.25) is 5.02 Å². The van der Waals surface area contributed by atoms with Crippen LogP contribution in [0.4, 0.5) is 26.3 Å². The van der Waals surface area contributed by atoms with E-state index in [1.54, 1.807) is 34.1 Å². The number of alkyl halides is 6. The number of rotatable bonds is 3. The SMILES string of the molecule is O=C(c1cc2cc(Cl)ccc2[nH]1)N1CCN(Cc2cc(C(F)(F)F)cc(C(F)(F)F)c2)CC1. The van der Waals surface area contributed by atoms with Crippen molar-refractivity contribution in [3.8, 4) is 0 Å². The van der Waals surface area contributed by atoms with Crippen molar-refractivity contribution in [2.75, 3.05) is 26.2 Å². The highest BCUT2D eigenvalue weighted by Gasteiger charge is 2.37. The number of aromatic amines is 1. The van der Waals surface area contributed by atoms with Crippen LogP contribution in [0.15, 0.2) is 42.5 Å². The highest BCUT2D eigenvalue weighted by Crippen LogP contribution is 2.36. The molecule has 0 unspecified atom stereocenters. The molecule has 11 heteroatoms. The molecule has 0 bridgehead atoms. The Bertz CT molecular complexity index is 1150. The van der Waals surface area contributed by atoms with Crippen LogP contribution in [-0.4, -0.2) is 46.9 Å². The first kappa shape index (κ1) is 23.4. The molecule has 1 N–H and O–H groups in total. The van der Waals surface area contributed by atoms with Gasteiger partial charge in [-0.15, -0.1) is 0 Å².